The molecule has 0 radical (unpaired) electrons. The number of rotatable bonds is 3. The highest BCUT2D eigenvalue weighted by Gasteiger charge is 2.10. The van der Waals surface area contributed by atoms with Crippen molar-refractivity contribution >= 4 is 38.6 Å². The fourth-order valence-electron chi connectivity index (χ4n) is 1.90. The van der Waals surface area contributed by atoms with E-state index in [9.17, 15) is 9.59 Å². The molecule has 0 aliphatic carbocycles. The number of aromatic nitrogens is 4. The molecular weight excluding hydrogens is 350 g/mol. The standard InChI is InChI=1S/C14H10BrN5O2/c15-9-5-6-12(16-7-9)17-13(21)8-20-14(22)10-3-1-2-4-11(10)18-19-20/h1-7H,8H2,(H,16,17,21). The molecule has 0 aliphatic heterocycles. The summed E-state index contributed by atoms with van der Waals surface area (Å²) in [6, 6.07) is 10.3. The van der Waals surface area contributed by atoms with Crippen molar-refractivity contribution in [1.82, 2.24) is 20.0 Å². The van der Waals surface area contributed by atoms with Crippen molar-refractivity contribution in [3.63, 3.8) is 0 Å². The topological polar surface area (TPSA) is 89.8 Å². The van der Waals surface area contributed by atoms with Crippen molar-refractivity contribution in [2.75, 3.05) is 5.32 Å². The average molecular weight is 360 g/mol. The Morgan fingerprint density at radius 2 is 2.05 bits per heavy atom. The van der Waals surface area contributed by atoms with Gasteiger partial charge in [-0.1, -0.05) is 17.3 Å². The van der Waals surface area contributed by atoms with Gasteiger partial charge < -0.3 is 5.32 Å². The molecule has 1 amide bonds. The van der Waals surface area contributed by atoms with E-state index in [4.69, 9.17) is 0 Å². The van der Waals surface area contributed by atoms with Crippen LogP contribution >= 0.6 is 15.9 Å². The first-order valence-electron chi connectivity index (χ1n) is 6.37. The number of anilines is 1. The summed E-state index contributed by atoms with van der Waals surface area (Å²) in [6.45, 7) is -0.228. The Bertz CT molecular complexity index is 892. The zero-order chi connectivity index (χ0) is 15.5. The Morgan fingerprint density at radius 1 is 1.23 bits per heavy atom. The highest BCUT2D eigenvalue weighted by Crippen LogP contribution is 2.10. The van der Waals surface area contributed by atoms with E-state index in [1.165, 1.54) is 0 Å². The second-order valence-electron chi connectivity index (χ2n) is 4.48. The molecule has 0 atom stereocenters. The SMILES string of the molecule is O=C(Cn1nnc2ccccc2c1=O)Nc1ccc(Br)cn1. The van der Waals surface area contributed by atoms with Crippen LogP contribution in [0.5, 0.6) is 0 Å². The van der Waals surface area contributed by atoms with Crippen LogP contribution < -0.4 is 10.9 Å². The number of halogens is 1. The number of hydrogen-bond donors (Lipinski definition) is 1. The van der Waals surface area contributed by atoms with Crippen LogP contribution in [0.15, 0.2) is 51.9 Å². The van der Waals surface area contributed by atoms with Crippen molar-refractivity contribution < 1.29 is 4.79 Å². The number of pyridine rings is 1. The maximum Gasteiger partial charge on any atom is 0.278 e. The third-order valence-corrected chi connectivity index (χ3v) is 3.39. The van der Waals surface area contributed by atoms with Crippen molar-refractivity contribution in [1.29, 1.82) is 0 Å². The zero-order valence-corrected chi connectivity index (χ0v) is 12.8. The molecule has 0 bridgehead atoms. The lowest BCUT2D eigenvalue weighted by molar-refractivity contribution is -0.117. The number of benzene rings is 1. The van der Waals surface area contributed by atoms with Crippen LogP contribution in [0, 0.1) is 0 Å². The van der Waals surface area contributed by atoms with Crippen LogP contribution in [0.4, 0.5) is 5.82 Å². The van der Waals surface area contributed by atoms with Gasteiger partial charge in [-0.05, 0) is 40.2 Å². The number of nitrogens with zero attached hydrogens (tertiary/aromatic N) is 4. The molecule has 1 N–H and O–H groups in total. The lowest BCUT2D eigenvalue weighted by Crippen LogP contribution is -2.30. The smallest absolute Gasteiger partial charge is 0.278 e. The van der Waals surface area contributed by atoms with Gasteiger partial charge in [0.05, 0.1) is 5.39 Å². The van der Waals surface area contributed by atoms with E-state index in [0.717, 1.165) is 9.15 Å². The minimum atomic E-state index is -0.401. The number of amides is 1. The molecule has 0 spiro atoms. The van der Waals surface area contributed by atoms with Crippen LogP contribution in [0.25, 0.3) is 10.9 Å². The Kier molecular flexibility index (Phi) is 3.92. The molecule has 0 fully saturated rings. The molecule has 2 heterocycles. The van der Waals surface area contributed by atoms with Crippen molar-refractivity contribution in [2.45, 2.75) is 6.54 Å². The normalized spacial score (nSPS) is 10.6. The predicted molar refractivity (Wildman–Crippen MR) is 84.4 cm³/mol. The first kappa shape index (κ1) is 14.3. The zero-order valence-electron chi connectivity index (χ0n) is 11.2. The summed E-state index contributed by atoms with van der Waals surface area (Å²) in [6.07, 6.45) is 1.57. The van der Waals surface area contributed by atoms with Gasteiger partial charge in [-0.2, -0.15) is 0 Å². The Hall–Kier alpha value is -2.61. The number of fused-ring (bicyclic) bond motifs is 1. The molecular formula is C14H10BrN5O2. The first-order chi connectivity index (χ1) is 10.6. The number of hydrogen-bond acceptors (Lipinski definition) is 5. The molecule has 3 rings (SSSR count). The predicted octanol–water partition coefficient (Wildman–Crippen LogP) is 1.59. The lowest BCUT2D eigenvalue weighted by Gasteiger charge is -2.06. The second-order valence-corrected chi connectivity index (χ2v) is 5.39. The summed E-state index contributed by atoms with van der Waals surface area (Å²) in [5.74, 6) is -0.00324. The molecule has 3 aromatic rings. The molecule has 0 unspecified atom stereocenters. The van der Waals surface area contributed by atoms with Gasteiger partial charge in [-0.25, -0.2) is 9.67 Å². The lowest BCUT2D eigenvalue weighted by atomic mass is 10.2. The van der Waals surface area contributed by atoms with E-state index >= 15 is 0 Å². The van der Waals surface area contributed by atoms with Gasteiger partial charge in [0.1, 0.15) is 17.9 Å². The summed E-state index contributed by atoms with van der Waals surface area (Å²) < 4.78 is 1.83. The number of carbonyl (C=O) groups is 1. The molecule has 1 aromatic carbocycles. The molecule has 0 aliphatic rings. The Balaban J connectivity index is 1.81. The molecule has 110 valence electrons. The fraction of sp³-hybridized carbons (Fsp3) is 0.0714. The molecule has 0 saturated carbocycles. The third-order valence-electron chi connectivity index (χ3n) is 2.92. The Labute approximate surface area is 133 Å². The van der Waals surface area contributed by atoms with Crippen molar-refractivity contribution in [2.24, 2.45) is 0 Å². The highest BCUT2D eigenvalue weighted by atomic mass is 79.9. The van der Waals surface area contributed by atoms with Gasteiger partial charge in [-0.15, -0.1) is 5.10 Å². The van der Waals surface area contributed by atoms with Crippen LogP contribution in [-0.4, -0.2) is 25.9 Å². The van der Waals surface area contributed by atoms with E-state index < -0.39 is 5.91 Å². The van der Waals surface area contributed by atoms with Gasteiger partial charge in [0.25, 0.3) is 5.56 Å². The van der Waals surface area contributed by atoms with E-state index in [1.54, 1.807) is 42.6 Å². The molecule has 22 heavy (non-hydrogen) atoms. The van der Waals surface area contributed by atoms with E-state index in [2.05, 4.69) is 36.5 Å². The van der Waals surface area contributed by atoms with Crippen LogP contribution in [-0.2, 0) is 11.3 Å². The summed E-state index contributed by atoms with van der Waals surface area (Å²) in [7, 11) is 0. The van der Waals surface area contributed by atoms with Gasteiger partial charge in [0, 0.05) is 10.7 Å². The molecule has 2 aromatic heterocycles. The van der Waals surface area contributed by atoms with Crippen LogP contribution in [0.3, 0.4) is 0 Å². The molecule has 8 heteroatoms. The van der Waals surface area contributed by atoms with Crippen LogP contribution in [0.2, 0.25) is 0 Å². The summed E-state index contributed by atoms with van der Waals surface area (Å²) >= 11 is 3.26. The van der Waals surface area contributed by atoms with E-state index in [1.807, 2.05) is 0 Å². The highest BCUT2D eigenvalue weighted by molar-refractivity contribution is 9.10. The summed E-state index contributed by atoms with van der Waals surface area (Å²) in [5.41, 5.74) is 0.142. The van der Waals surface area contributed by atoms with E-state index in [-0.39, 0.29) is 12.1 Å². The van der Waals surface area contributed by atoms with E-state index in [0.29, 0.717) is 16.7 Å². The molecule has 0 saturated heterocycles. The largest absolute Gasteiger partial charge is 0.309 e. The van der Waals surface area contributed by atoms with Gasteiger partial charge in [0.15, 0.2) is 0 Å². The minimum Gasteiger partial charge on any atom is -0.309 e. The Morgan fingerprint density at radius 3 is 2.82 bits per heavy atom. The number of nitrogens with one attached hydrogen (secondary N) is 1. The first-order valence-corrected chi connectivity index (χ1v) is 7.17. The van der Waals surface area contributed by atoms with Gasteiger partial charge in [0.2, 0.25) is 5.91 Å². The summed E-state index contributed by atoms with van der Waals surface area (Å²) in [5, 5.41) is 10.7. The average Bonchev–Trinajstić information content (AvgIpc) is 2.53. The van der Waals surface area contributed by atoms with Gasteiger partial charge in [-0.3, -0.25) is 9.59 Å². The number of carbonyl (C=O) groups excluding carboxylic acids is 1. The third kappa shape index (κ3) is 3.01. The minimum absolute atomic E-state index is 0.228. The van der Waals surface area contributed by atoms with Crippen molar-refractivity contribution in [3.8, 4) is 0 Å². The maximum absolute atomic E-state index is 12.2. The second kappa shape index (κ2) is 6.02. The quantitative estimate of drug-likeness (QED) is 0.766. The summed E-state index contributed by atoms with van der Waals surface area (Å²) in [4.78, 5) is 28.2. The monoisotopic (exact) mass is 359 g/mol. The fourth-order valence-corrected chi connectivity index (χ4v) is 2.13. The van der Waals surface area contributed by atoms with Crippen LogP contribution in [0.1, 0.15) is 0 Å². The molecule has 7 nitrogen and oxygen atoms in total. The van der Waals surface area contributed by atoms with Gasteiger partial charge >= 0.3 is 0 Å². The van der Waals surface area contributed by atoms with Crippen molar-refractivity contribution in [3.05, 3.63) is 57.4 Å². The maximum atomic E-state index is 12.2.